The Morgan fingerprint density at radius 2 is 1.65 bits per heavy atom. The molecular weight excluding hydrogens is 610 g/mol. The van der Waals surface area contributed by atoms with Crippen molar-refractivity contribution in [3.8, 4) is 11.5 Å². The van der Waals surface area contributed by atoms with E-state index in [1.807, 2.05) is 94.5 Å². The van der Waals surface area contributed by atoms with Crippen molar-refractivity contribution < 1.29 is 25.5 Å². The van der Waals surface area contributed by atoms with Gasteiger partial charge in [0, 0.05) is 17.8 Å². The summed E-state index contributed by atoms with van der Waals surface area (Å²) in [5.41, 5.74) is 2.81. The maximum atomic E-state index is 11.7. The summed E-state index contributed by atoms with van der Waals surface area (Å²) in [5.74, 6) is 0.0581. The van der Waals surface area contributed by atoms with Gasteiger partial charge in [-0.2, -0.15) is 0 Å². The molecule has 1 saturated carbocycles. The zero-order chi connectivity index (χ0) is 35.9. The van der Waals surface area contributed by atoms with Gasteiger partial charge in [-0.05, 0) is 87.6 Å². The first-order valence-electron chi connectivity index (χ1n) is 17.6. The van der Waals surface area contributed by atoms with Crippen LogP contribution in [0.5, 0.6) is 11.5 Å². The van der Waals surface area contributed by atoms with Crippen molar-refractivity contribution in [2.45, 2.75) is 85.2 Å². The standard InChI is InChI=1S/C43H57NO5/c1-8-15-28(2)20-25-37(47)30(4)36(46)18-12-10-9-11-16-33-29(3)26-34-40(42(5,6)27-43(34,7)49)39(33)41(31-21-23-32(45)24-22-31)44-35-17-13-14-19-38(35)48/h8-24,26,30,33-34,36-37,39-41,44-49H,25,27H2,1-7H3/b10-9+,15-8+,16-11-,18-12-,28-20+. The minimum Gasteiger partial charge on any atom is -0.508 e. The summed E-state index contributed by atoms with van der Waals surface area (Å²) in [7, 11) is 0. The molecule has 9 atom stereocenters. The Bertz CT molecular complexity index is 1580. The van der Waals surface area contributed by atoms with Gasteiger partial charge in [-0.25, -0.2) is 0 Å². The Labute approximate surface area is 293 Å². The van der Waals surface area contributed by atoms with Crippen LogP contribution in [0.1, 0.15) is 72.9 Å². The molecule has 4 rings (SSSR count). The number of aliphatic hydroxyl groups is 3. The van der Waals surface area contributed by atoms with Crippen molar-refractivity contribution in [3.63, 3.8) is 0 Å². The van der Waals surface area contributed by atoms with Crippen LogP contribution in [-0.2, 0) is 0 Å². The maximum Gasteiger partial charge on any atom is 0.138 e. The molecule has 6 nitrogen and oxygen atoms in total. The van der Waals surface area contributed by atoms with Crippen LogP contribution in [0, 0.1) is 35.0 Å². The van der Waals surface area contributed by atoms with Gasteiger partial charge in [0.2, 0.25) is 0 Å². The van der Waals surface area contributed by atoms with Gasteiger partial charge in [-0.1, -0.05) is 117 Å². The first kappa shape index (κ1) is 38.0. The second-order valence-corrected chi connectivity index (χ2v) is 15.1. The van der Waals surface area contributed by atoms with Crippen molar-refractivity contribution in [2.24, 2.45) is 35.0 Å². The zero-order valence-corrected chi connectivity index (χ0v) is 30.2. The van der Waals surface area contributed by atoms with Crippen molar-refractivity contribution in [2.75, 3.05) is 5.32 Å². The Morgan fingerprint density at radius 1 is 0.980 bits per heavy atom. The minimum atomic E-state index is -0.866. The third-order valence-electron chi connectivity index (χ3n) is 10.7. The Morgan fingerprint density at radius 3 is 2.33 bits per heavy atom. The molecule has 2 aromatic carbocycles. The quantitative estimate of drug-likeness (QED) is 0.0723. The summed E-state index contributed by atoms with van der Waals surface area (Å²) in [6, 6.07) is 14.3. The number of phenolic OH excluding ortho intramolecular Hbond substituents is 2. The minimum absolute atomic E-state index is 0.0000342. The van der Waals surface area contributed by atoms with Gasteiger partial charge in [0.05, 0.1) is 29.5 Å². The van der Waals surface area contributed by atoms with Gasteiger partial charge in [-0.3, -0.25) is 0 Å². The van der Waals surface area contributed by atoms with Gasteiger partial charge in [0.25, 0.3) is 0 Å². The van der Waals surface area contributed by atoms with Crippen LogP contribution in [-0.4, -0.2) is 43.3 Å². The lowest BCUT2D eigenvalue weighted by Gasteiger charge is -2.48. The monoisotopic (exact) mass is 667 g/mol. The fourth-order valence-corrected chi connectivity index (χ4v) is 8.28. The summed E-state index contributed by atoms with van der Waals surface area (Å²) in [5, 5.41) is 57.7. The summed E-state index contributed by atoms with van der Waals surface area (Å²) in [6.45, 7) is 14.4. The van der Waals surface area contributed by atoms with Gasteiger partial charge in [-0.15, -0.1) is 0 Å². The van der Waals surface area contributed by atoms with E-state index >= 15 is 0 Å². The Balaban J connectivity index is 1.64. The average molecular weight is 668 g/mol. The highest BCUT2D eigenvalue weighted by Gasteiger charge is 2.59. The largest absolute Gasteiger partial charge is 0.508 e. The third-order valence-corrected chi connectivity index (χ3v) is 10.7. The van der Waals surface area contributed by atoms with E-state index in [4.69, 9.17) is 0 Å². The molecule has 2 aliphatic carbocycles. The number of anilines is 1. The first-order chi connectivity index (χ1) is 23.2. The van der Waals surface area contributed by atoms with Gasteiger partial charge in [0.15, 0.2) is 0 Å². The van der Waals surface area contributed by atoms with Crippen LogP contribution in [0.25, 0.3) is 0 Å². The Hall–Kier alpha value is -3.84. The Kier molecular flexibility index (Phi) is 12.6. The fourth-order valence-electron chi connectivity index (χ4n) is 8.28. The van der Waals surface area contributed by atoms with Crippen molar-refractivity contribution in [1.82, 2.24) is 0 Å². The summed E-state index contributed by atoms with van der Waals surface area (Å²) in [4.78, 5) is 0. The molecule has 0 aromatic heterocycles. The summed E-state index contributed by atoms with van der Waals surface area (Å²) >= 11 is 0. The lowest BCUT2D eigenvalue weighted by atomic mass is 9.58. The highest BCUT2D eigenvalue weighted by molar-refractivity contribution is 5.57. The highest BCUT2D eigenvalue weighted by Crippen LogP contribution is 2.62. The number of para-hydroxylation sites is 2. The number of hydrogen-bond acceptors (Lipinski definition) is 6. The molecule has 9 unspecified atom stereocenters. The van der Waals surface area contributed by atoms with Crippen LogP contribution in [0.2, 0.25) is 0 Å². The number of aromatic hydroxyl groups is 2. The zero-order valence-electron chi connectivity index (χ0n) is 30.2. The first-order valence-corrected chi connectivity index (χ1v) is 17.6. The van der Waals surface area contributed by atoms with E-state index in [2.05, 4.69) is 38.2 Å². The number of allylic oxidation sites excluding steroid dienone is 9. The molecule has 2 aromatic rings. The smallest absolute Gasteiger partial charge is 0.138 e. The molecule has 6 N–H and O–H groups in total. The molecule has 6 heteroatoms. The number of hydrogen-bond donors (Lipinski definition) is 6. The number of phenols is 2. The molecule has 0 bridgehead atoms. The number of aliphatic hydroxyl groups excluding tert-OH is 2. The van der Waals surface area contributed by atoms with Crippen LogP contribution < -0.4 is 5.32 Å². The average Bonchev–Trinajstić information content (AvgIpc) is 3.23. The second-order valence-electron chi connectivity index (χ2n) is 15.1. The number of nitrogens with one attached hydrogen (secondary N) is 1. The van der Waals surface area contributed by atoms with E-state index in [1.165, 1.54) is 5.57 Å². The molecule has 2 aliphatic rings. The van der Waals surface area contributed by atoms with E-state index in [-0.39, 0.29) is 52.5 Å². The van der Waals surface area contributed by atoms with Crippen LogP contribution in [0.4, 0.5) is 5.69 Å². The fraction of sp³-hybridized carbons (Fsp3) is 0.442. The van der Waals surface area contributed by atoms with Crippen LogP contribution in [0.15, 0.2) is 120 Å². The number of benzene rings is 2. The van der Waals surface area contributed by atoms with E-state index in [9.17, 15) is 25.5 Å². The van der Waals surface area contributed by atoms with E-state index in [0.717, 1.165) is 11.1 Å². The molecule has 0 spiro atoms. The summed E-state index contributed by atoms with van der Waals surface area (Å²) < 4.78 is 0. The molecule has 264 valence electrons. The normalized spacial score (nSPS) is 28.2. The highest BCUT2D eigenvalue weighted by atomic mass is 16.3. The van der Waals surface area contributed by atoms with Crippen molar-refractivity contribution in [1.29, 1.82) is 0 Å². The second kappa shape index (κ2) is 16.2. The third kappa shape index (κ3) is 9.24. The molecule has 49 heavy (non-hydrogen) atoms. The molecule has 1 fully saturated rings. The molecule has 0 saturated heterocycles. The molecular formula is C43H57NO5. The van der Waals surface area contributed by atoms with E-state index in [0.29, 0.717) is 18.5 Å². The SMILES string of the molecule is C/C=C/C(C)=C/CC(O)C(C)C(O)\C=C/C=C/C=C\C1C(C)=CC2C(C1C(Nc1ccccc1O)c1ccc(O)cc1)C(C)(C)CC2(C)O. The van der Waals surface area contributed by atoms with Crippen molar-refractivity contribution >= 4 is 5.69 Å². The van der Waals surface area contributed by atoms with E-state index < -0.39 is 17.8 Å². The van der Waals surface area contributed by atoms with Gasteiger partial charge in [0.1, 0.15) is 11.5 Å². The topological polar surface area (TPSA) is 113 Å². The number of fused-ring (bicyclic) bond motifs is 1. The lowest BCUT2D eigenvalue weighted by Crippen LogP contribution is -2.44. The molecule has 0 aliphatic heterocycles. The molecule has 0 heterocycles. The molecule has 0 amide bonds. The van der Waals surface area contributed by atoms with Crippen LogP contribution in [0.3, 0.4) is 0 Å². The van der Waals surface area contributed by atoms with Gasteiger partial charge >= 0.3 is 0 Å². The maximum absolute atomic E-state index is 11.7. The number of rotatable bonds is 13. The molecule has 0 radical (unpaired) electrons. The van der Waals surface area contributed by atoms with E-state index in [1.54, 1.807) is 30.3 Å². The predicted octanol–water partition coefficient (Wildman–Crippen LogP) is 8.80. The van der Waals surface area contributed by atoms with Gasteiger partial charge < -0.3 is 30.8 Å². The van der Waals surface area contributed by atoms with Crippen LogP contribution >= 0.6 is 0 Å². The van der Waals surface area contributed by atoms with Crippen molar-refractivity contribution in [3.05, 3.63) is 126 Å². The lowest BCUT2D eigenvalue weighted by molar-refractivity contribution is 0.0157. The predicted molar refractivity (Wildman–Crippen MR) is 201 cm³/mol. The summed E-state index contributed by atoms with van der Waals surface area (Å²) in [6.07, 6.45) is 19.5.